The molecule has 0 unspecified atom stereocenters. The van der Waals surface area contributed by atoms with Gasteiger partial charge in [-0.3, -0.25) is 24.1 Å². The van der Waals surface area contributed by atoms with Crippen LogP contribution in [0.2, 0.25) is 0 Å². The average Bonchev–Trinajstić information content (AvgIpc) is 3.02. The minimum atomic E-state index is -4.65. The van der Waals surface area contributed by atoms with E-state index in [1.54, 1.807) is 0 Å². The van der Waals surface area contributed by atoms with Crippen LogP contribution < -0.4 is 10.7 Å². The predicted molar refractivity (Wildman–Crippen MR) is 102 cm³/mol. The molecule has 3 rings (SSSR count). The van der Waals surface area contributed by atoms with Gasteiger partial charge in [0.15, 0.2) is 5.69 Å². The zero-order valence-electron chi connectivity index (χ0n) is 16.5. The number of benzene rings is 1. The Morgan fingerprint density at radius 3 is 2.42 bits per heavy atom. The van der Waals surface area contributed by atoms with Crippen molar-refractivity contribution in [3.05, 3.63) is 57.5 Å². The topological polar surface area (TPSA) is 101 Å². The van der Waals surface area contributed by atoms with E-state index >= 15 is 0 Å². The molecule has 0 aliphatic carbocycles. The van der Waals surface area contributed by atoms with Crippen molar-refractivity contribution < 1.29 is 27.6 Å². The molecule has 1 saturated heterocycles. The van der Waals surface area contributed by atoms with E-state index in [1.807, 2.05) is 0 Å². The maximum absolute atomic E-state index is 13.4. The number of hydrogen-bond acceptors (Lipinski definition) is 5. The summed E-state index contributed by atoms with van der Waals surface area (Å²) in [5.74, 6) is -1.41. The number of carbonyl (C=O) groups is 3. The summed E-state index contributed by atoms with van der Waals surface area (Å²) < 4.78 is 41.0. The van der Waals surface area contributed by atoms with Crippen LogP contribution in [0.1, 0.15) is 41.0 Å². The number of nitrogens with one attached hydrogen (secondary N) is 1. The first-order valence-electron chi connectivity index (χ1n) is 9.48. The first-order chi connectivity index (χ1) is 14.6. The molecule has 2 heterocycles. The molecule has 1 aromatic carbocycles. The highest BCUT2D eigenvalue weighted by molar-refractivity contribution is 6.01. The Labute approximate surface area is 174 Å². The van der Waals surface area contributed by atoms with E-state index in [1.165, 1.54) is 25.1 Å². The molecule has 1 aliphatic rings. The van der Waals surface area contributed by atoms with Gasteiger partial charge in [0.25, 0.3) is 5.91 Å². The number of amides is 3. The molecule has 0 radical (unpaired) electrons. The molecule has 164 valence electrons. The minimum Gasteiger partial charge on any atom is -0.350 e. The van der Waals surface area contributed by atoms with Crippen molar-refractivity contribution in [3.8, 4) is 5.69 Å². The van der Waals surface area contributed by atoms with Gasteiger partial charge in [0.2, 0.25) is 17.2 Å². The first-order valence-corrected chi connectivity index (χ1v) is 9.48. The fraction of sp³-hybridized carbons (Fsp3) is 0.350. The average molecular weight is 436 g/mol. The lowest BCUT2D eigenvalue weighted by atomic mass is 10.1. The Balaban J connectivity index is 1.77. The normalized spacial score (nSPS) is 14.3. The van der Waals surface area contributed by atoms with E-state index in [0.717, 1.165) is 21.7 Å². The molecule has 1 aliphatic heterocycles. The number of likely N-dealkylation sites (tertiary alicyclic amines) is 1. The molecule has 8 nitrogen and oxygen atoms in total. The summed E-state index contributed by atoms with van der Waals surface area (Å²) in [6, 6.07) is 5.74. The Kier molecular flexibility index (Phi) is 6.23. The standard InChI is InChI=1S/C20H19F3N4O4/c1-12-11-15(28)18(19(31)24-9-4-10-26-16(29)7-8-17(26)30)25-27(12)14-6-3-2-5-13(14)20(21,22)23/h2-3,5-6,11H,4,7-10H2,1H3,(H,24,31). The van der Waals surface area contributed by atoms with Crippen LogP contribution in [0.3, 0.4) is 0 Å². The van der Waals surface area contributed by atoms with Crippen LogP contribution >= 0.6 is 0 Å². The molecule has 1 fully saturated rings. The van der Waals surface area contributed by atoms with E-state index in [-0.39, 0.29) is 55.5 Å². The lowest BCUT2D eigenvalue weighted by molar-refractivity contribution is -0.139. The van der Waals surface area contributed by atoms with Gasteiger partial charge in [0.05, 0.1) is 11.3 Å². The van der Waals surface area contributed by atoms with Crippen molar-refractivity contribution in [1.82, 2.24) is 20.0 Å². The van der Waals surface area contributed by atoms with Crippen molar-refractivity contribution in [3.63, 3.8) is 0 Å². The number of halogens is 3. The molecule has 0 spiro atoms. The second kappa shape index (κ2) is 8.70. The van der Waals surface area contributed by atoms with Crippen LogP contribution in [0, 0.1) is 6.92 Å². The van der Waals surface area contributed by atoms with Crippen molar-refractivity contribution in [2.24, 2.45) is 0 Å². The molecule has 1 aromatic heterocycles. The molecule has 2 aromatic rings. The number of para-hydroxylation sites is 1. The SMILES string of the molecule is Cc1cc(=O)c(C(=O)NCCCN2C(=O)CCC2=O)nn1-c1ccccc1C(F)(F)F. The number of imide groups is 1. The highest BCUT2D eigenvalue weighted by Gasteiger charge is 2.34. The van der Waals surface area contributed by atoms with Gasteiger partial charge >= 0.3 is 6.18 Å². The van der Waals surface area contributed by atoms with Gasteiger partial charge in [0, 0.05) is 37.7 Å². The molecule has 0 bridgehead atoms. The number of alkyl halides is 3. The Morgan fingerprint density at radius 1 is 1.13 bits per heavy atom. The Bertz CT molecular complexity index is 1080. The second-order valence-corrected chi connectivity index (χ2v) is 6.97. The molecule has 11 heteroatoms. The second-order valence-electron chi connectivity index (χ2n) is 6.97. The predicted octanol–water partition coefficient (Wildman–Crippen LogP) is 1.83. The van der Waals surface area contributed by atoms with E-state index < -0.39 is 28.8 Å². The fourth-order valence-electron chi connectivity index (χ4n) is 3.24. The maximum Gasteiger partial charge on any atom is 0.418 e. The van der Waals surface area contributed by atoms with Gasteiger partial charge in [-0.15, -0.1) is 0 Å². The summed E-state index contributed by atoms with van der Waals surface area (Å²) in [6.45, 7) is 1.58. The molecule has 31 heavy (non-hydrogen) atoms. The van der Waals surface area contributed by atoms with Crippen molar-refractivity contribution in [1.29, 1.82) is 0 Å². The van der Waals surface area contributed by atoms with Crippen molar-refractivity contribution in [2.75, 3.05) is 13.1 Å². The van der Waals surface area contributed by atoms with E-state index in [0.29, 0.717) is 0 Å². The van der Waals surface area contributed by atoms with Crippen LogP contribution in [0.4, 0.5) is 13.2 Å². The van der Waals surface area contributed by atoms with Gasteiger partial charge in [-0.2, -0.15) is 18.3 Å². The third kappa shape index (κ3) is 4.81. The lowest BCUT2D eigenvalue weighted by Crippen LogP contribution is -2.35. The zero-order valence-corrected chi connectivity index (χ0v) is 16.5. The molecule has 3 amide bonds. The number of rotatable bonds is 6. The minimum absolute atomic E-state index is 0.0457. The summed E-state index contributed by atoms with van der Waals surface area (Å²) in [7, 11) is 0. The van der Waals surface area contributed by atoms with E-state index in [2.05, 4.69) is 10.4 Å². The number of aromatic nitrogens is 2. The molecule has 1 N–H and O–H groups in total. The van der Waals surface area contributed by atoms with E-state index in [4.69, 9.17) is 0 Å². The fourth-order valence-corrected chi connectivity index (χ4v) is 3.24. The monoisotopic (exact) mass is 436 g/mol. The van der Waals surface area contributed by atoms with Gasteiger partial charge in [0.1, 0.15) is 0 Å². The summed E-state index contributed by atoms with van der Waals surface area (Å²) in [5, 5.41) is 6.32. The number of carbonyl (C=O) groups excluding carboxylic acids is 3. The van der Waals surface area contributed by atoms with E-state index in [9.17, 15) is 32.3 Å². The Hall–Kier alpha value is -3.50. The smallest absolute Gasteiger partial charge is 0.350 e. The van der Waals surface area contributed by atoms with Gasteiger partial charge < -0.3 is 5.32 Å². The molecule has 0 saturated carbocycles. The maximum atomic E-state index is 13.4. The quantitative estimate of drug-likeness (QED) is 0.550. The third-order valence-electron chi connectivity index (χ3n) is 4.76. The van der Waals surface area contributed by atoms with Crippen LogP contribution in [-0.2, 0) is 15.8 Å². The lowest BCUT2D eigenvalue weighted by Gasteiger charge is -2.17. The number of hydrogen-bond donors (Lipinski definition) is 1. The third-order valence-corrected chi connectivity index (χ3v) is 4.76. The summed E-state index contributed by atoms with van der Waals surface area (Å²) in [5.41, 5.74) is -2.44. The summed E-state index contributed by atoms with van der Waals surface area (Å²) in [6.07, 6.45) is -4.06. The number of nitrogens with zero attached hydrogens (tertiary/aromatic N) is 3. The van der Waals surface area contributed by atoms with Gasteiger partial charge in [-0.05, 0) is 25.5 Å². The van der Waals surface area contributed by atoms with Crippen LogP contribution in [0.15, 0.2) is 35.1 Å². The van der Waals surface area contributed by atoms with Crippen LogP contribution in [0.25, 0.3) is 5.69 Å². The highest BCUT2D eigenvalue weighted by Crippen LogP contribution is 2.33. The zero-order chi connectivity index (χ0) is 22.8. The Morgan fingerprint density at radius 2 is 1.77 bits per heavy atom. The molecule has 0 atom stereocenters. The van der Waals surface area contributed by atoms with Crippen LogP contribution in [0.5, 0.6) is 0 Å². The highest BCUT2D eigenvalue weighted by atomic mass is 19.4. The van der Waals surface area contributed by atoms with Crippen LogP contribution in [-0.4, -0.2) is 45.5 Å². The van der Waals surface area contributed by atoms with Gasteiger partial charge in [-0.25, -0.2) is 4.68 Å². The first kappa shape index (κ1) is 22.2. The van der Waals surface area contributed by atoms with Gasteiger partial charge in [-0.1, -0.05) is 12.1 Å². The molecular formula is C20H19F3N4O4. The molecular weight excluding hydrogens is 417 g/mol. The summed E-state index contributed by atoms with van der Waals surface area (Å²) >= 11 is 0. The summed E-state index contributed by atoms with van der Waals surface area (Å²) in [4.78, 5) is 48.9. The largest absolute Gasteiger partial charge is 0.418 e. The van der Waals surface area contributed by atoms with Crippen molar-refractivity contribution >= 4 is 17.7 Å². The number of aryl methyl sites for hydroxylation is 1. The van der Waals surface area contributed by atoms with Crippen molar-refractivity contribution in [2.45, 2.75) is 32.4 Å².